The number of hydrogen-bond donors (Lipinski definition) is 1. The molecular formula is C15H20N2O2. The Morgan fingerprint density at radius 2 is 2.21 bits per heavy atom. The minimum absolute atomic E-state index is 0.326. The molecule has 102 valence electrons. The number of nitrogens with zero attached hydrogens (tertiary/aromatic N) is 1. The van der Waals surface area contributed by atoms with Gasteiger partial charge in [0, 0.05) is 6.54 Å². The number of hydrogen-bond acceptors (Lipinski definition) is 4. The van der Waals surface area contributed by atoms with Gasteiger partial charge in [0.05, 0.1) is 18.4 Å². The quantitative estimate of drug-likeness (QED) is 0.827. The number of carbonyl (C=O) groups excluding carboxylic acids is 1. The minimum Gasteiger partial charge on any atom is -0.465 e. The Morgan fingerprint density at radius 1 is 1.47 bits per heavy atom. The molecule has 0 saturated heterocycles. The topological polar surface area (TPSA) is 51.2 Å². The van der Waals surface area contributed by atoms with Crippen molar-refractivity contribution < 1.29 is 9.53 Å². The van der Waals surface area contributed by atoms with Gasteiger partial charge in [-0.2, -0.15) is 0 Å². The van der Waals surface area contributed by atoms with Gasteiger partial charge in [0.2, 0.25) is 0 Å². The molecule has 1 heterocycles. The van der Waals surface area contributed by atoms with E-state index < -0.39 is 0 Å². The summed E-state index contributed by atoms with van der Waals surface area (Å²) < 4.78 is 4.72. The molecule has 1 aromatic heterocycles. The van der Waals surface area contributed by atoms with Crippen LogP contribution in [-0.4, -0.2) is 24.6 Å². The molecule has 0 aliphatic heterocycles. The van der Waals surface area contributed by atoms with Crippen LogP contribution in [0.5, 0.6) is 0 Å². The van der Waals surface area contributed by atoms with Crippen LogP contribution >= 0.6 is 0 Å². The van der Waals surface area contributed by atoms with Gasteiger partial charge in [-0.3, -0.25) is 0 Å². The van der Waals surface area contributed by atoms with E-state index in [1.165, 1.54) is 32.8 Å². The average Bonchev–Trinajstić information content (AvgIpc) is 3.28. The standard InChI is InChI=1S/C15H20N2O2/c1-10-12(14(18)19-2)5-6-13(17-10)16-9-15(7-8-15)11-3-4-11/h5-6,11H,3-4,7-9H2,1-2H3,(H,16,17). The van der Waals surface area contributed by atoms with Gasteiger partial charge in [0.25, 0.3) is 0 Å². The number of aryl methyl sites for hydroxylation is 1. The number of rotatable bonds is 5. The zero-order valence-corrected chi connectivity index (χ0v) is 11.5. The molecule has 1 N–H and O–H groups in total. The molecule has 0 radical (unpaired) electrons. The van der Waals surface area contributed by atoms with Crippen LogP contribution in [0.15, 0.2) is 12.1 Å². The van der Waals surface area contributed by atoms with Crippen LogP contribution in [0.3, 0.4) is 0 Å². The van der Waals surface area contributed by atoms with Gasteiger partial charge >= 0.3 is 5.97 Å². The zero-order chi connectivity index (χ0) is 13.5. The lowest BCUT2D eigenvalue weighted by Crippen LogP contribution is -2.18. The third kappa shape index (κ3) is 2.44. The van der Waals surface area contributed by atoms with Gasteiger partial charge in [0.15, 0.2) is 0 Å². The maximum Gasteiger partial charge on any atom is 0.339 e. The molecule has 0 amide bonds. The molecule has 2 aliphatic carbocycles. The number of methoxy groups -OCH3 is 1. The van der Waals surface area contributed by atoms with Crippen LogP contribution in [-0.2, 0) is 4.74 Å². The summed E-state index contributed by atoms with van der Waals surface area (Å²) in [6, 6.07) is 3.65. The second-order valence-corrected chi connectivity index (χ2v) is 5.81. The predicted octanol–water partition coefficient (Wildman–Crippen LogP) is 2.78. The van der Waals surface area contributed by atoms with E-state index in [0.29, 0.717) is 16.7 Å². The summed E-state index contributed by atoms with van der Waals surface area (Å²) in [7, 11) is 1.39. The molecule has 0 unspecified atom stereocenters. The summed E-state index contributed by atoms with van der Waals surface area (Å²) in [4.78, 5) is 15.9. The van der Waals surface area contributed by atoms with E-state index in [4.69, 9.17) is 4.74 Å². The van der Waals surface area contributed by atoms with Gasteiger partial charge in [0.1, 0.15) is 5.82 Å². The fourth-order valence-electron chi connectivity index (χ4n) is 2.84. The molecule has 2 fully saturated rings. The average molecular weight is 260 g/mol. The van der Waals surface area contributed by atoms with E-state index in [-0.39, 0.29) is 5.97 Å². The Hall–Kier alpha value is -1.58. The number of nitrogens with one attached hydrogen (secondary N) is 1. The first kappa shape index (κ1) is 12.5. The number of carbonyl (C=O) groups is 1. The van der Waals surface area contributed by atoms with Crippen LogP contribution in [0.2, 0.25) is 0 Å². The Balaban J connectivity index is 1.65. The van der Waals surface area contributed by atoms with Gasteiger partial charge in [-0.15, -0.1) is 0 Å². The number of aromatic nitrogens is 1. The highest BCUT2D eigenvalue weighted by molar-refractivity contribution is 5.90. The molecule has 3 rings (SSSR count). The Kier molecular flexibility index (Phi) is 2.96. The normalized spacial score (nSPS) is 19.9. The molecule has 0 bridgehead atoms. The summed E-state index contributed by atoms with van der Waals surface area (Å²) in [5.41, 5.74) is 1.81. The zero-order valence-electron chi connectivity index (χ0n) is 11.5. The first-order valence-corrected chi connectivity index (χ1v) is 6.94. The molecular weight excluding hydrogens is 240 g/mol. The molecule has 2 aliphatic rings. The van der Waals surface area contributed by atoms with Crippen LogP contribution in [0.4, 0.5) is 5.82 Å². The van der Waals surface area contributed by atoms with E-state index in [2.05, 4.69) is 10.3 Å². The van der Waals surface area contributed by atoms with Gasteiger partial charge < -0.3 is 10.1 Å². The summed E-state index contributed by atoms with van der Waals surface area (Å²) in [5, 5.41) is 3.43. The smallest absolute Gasteiger partial charge is 0.339 e. The lowest BCUT2D eigenvalue weighted by molar-refractivity contribution is 0.0599. The number of esters is 1. The van der Waals surface area contributed by atoms with Gasteiger partial charge in [-0.25, -0.2) is 9.78 Å². The van der Waals surface area contributed by atoms with Crippen molar-refractivity contribution >= 4 is 11.8 Å². The Morgan fingerprint density at radius 3 is 2.74 bits per heavy atom. The summed E-state index contributed by atoms with van der Waals surface area (Å²) >= 11 is 0. The maximum atomic E-state index is 11.5. The minimum atomic E-state index is -0.326. The lowest BCUT2D eigenvalue weighted by atomic mass is 10.0. The maximum absolute atomic E-state index is 11.5. The molecule has 19 heavy (non-hydrogen) atoms. The van der Waals surface area contributed by atoms with Crippen LogP contribution in [0.25, 0.3) is 0 Å². The van der Waals surface area contributed by atoms with Crippen molar-refractivity contribution in [2.75, 3.05) is 19.0 Å². The summed E-state index contributed by atoms with van der Waals surface area (Å²) in [6.07, 6.45) is 5.50. The summed E-state index contributed by atoms with van der Waals surface area (Å²) in [6.45, 7) is 2.85. The van der Waals surface area contributed by atoms with Crippen molar-refractivity contribution in [2.24, 2.45) is 11.3 Å². The fraction of sp³-hybridized carbons (Fsp3) is 0.600. The number of anilines is 1. The molecule has 0 spiro atoms. The molecule has 4 heteroatoms. The van der Waals surface area contributed by atoms with Crippen molar-refractivity contribution in [3.8, 4) is 0 Å². The van der Waals surface area contributed by atoms with E-state index in [1.54, 1.807) is 6.07 Å². The second-order valence-electron chi connectivity index (χ2n) is 5.81. The van der Waals surface area contributed by atoms with Gasteiger partial charge in [-0.05, 0) is 56.1 Å². The highest BCUT2D eigenvalue weighted by Crippen LogP contribution is 2.61. The van der Waals surface area contributed by atoms with Crippen molar-refractivity contribution in [3.63, 3.8) is 0 Å². The van der Waals surface area contributed by atoms with E-state index in [1.807, 2.05) is 13.0 Å². The highest BCUT2D eigenvalue weighted by Gasteiger charge is 2.53. The van der Waals surface area contributed by atoms with E-state index >= 15 is 0 Å². The van der Waals surface area contributed by atoms with Crippen LogP contribution in [0, 0.1) is 18.3 Å². The van der Waals surface area contributed by atoms with Crippen LogP contribution < -0.4 is 5.32 Å². The molecule has 4 nitrogen and oxygen atoms in total. The van der Waals surface area contributed by atoms with Crippen molar-refractivity contribution in [1.82, 2.24) is 4.98 Å². The first-order chi connectivity index (χ1) is 9.14. The van der Waals surface area contributed by atoms with Crippen molar-refractivity contribution in [2.45, 2.75) is 32.6 Å². The van der Waals surface area contributed by atoms with Crippen LogP contribution in [0.1, 0.15) is 41.7 Å². The largest absolute Gasteiger partial charge is 0.465 e. The Bertz CT molecular complexity index is 505. The Labute approximate surface area is 113 Å². The summed E-state index contributed by atoms with van der Waals surface area (Å²) in [5.74, 6) is 1.47. The van der Waals surface area contributed by atoms with E-state index in [0.717, 1.165) is 18.3 Å². The lowest BCUT2D eigenvalue weighted by Gasteiger charge is -2.16. The third-order valence-electron chi connectivity index (χ3n) is 4.45. The molecule has 1 aromatic rings. The predicted molar refractivity (Wildman–Crippen MR) is 73.2 cm³/mol. The van der Waals surface area contributed by atoms with Crippen molar-refractivity contribution in [1.29, 1.82) is 0 Å². The number of ether oxygens (including phenoxy) is 1. The second kappa shape index (κ2) is 4.51. The third-order valence-corrected chi connectivity index (χ3v) is 4.45. The number of pyridine rings is 1. The molecule has 0 aromatic carbocycles. The highest BCUT2D eigenvalue weighted by atomic mass is 16.5. The van der Waals surface area contributed by atoms with E-state index in [9.17, 15) is 4.79 Å². The SMILES string of the molecule is COC(=O)c1ccc(NCC2(C3CC3)CC2)nc1C. The van der Waals surface area contributed by atoms with Crippen molar-refractivity contribution in [3.05, 3.63) is 23.4 Å². The molecule has 0 atom stereocenters. The molecule has 2 saturated carbocycles. The van der Waals surface area contributed by atoms with Gasteiger partial charge in [-0.1, -0.05) is 0 Å². The monoisotopic (exact) mass is 260 g/mol. The fourth-order valence-corrected chi connectivity index (χ4v) is 2.84. The first-order valence-electron chi connectivity index (χ1n) is 6.94.